The summed E-state index contributed by atoms with van der Waals surface area (Å²) in [5, 5.41) is 18.4. The topological polar surface area (TPSA) is 144 Å². The minimum Gasteiger partial charge on any atom is -0.483 e. The van der Waals surface area contributed by atoms with Crippen LogP contribution in [0.25, 0.3) is 0 Å². The number of nitrogens with zero attached hydrogens (tertiary/aromatic N) is 2. The zero-order valence-corrected chi connectivity index (χ0v) is 17.5. The number of ether oxygens (including phenoxy) is 1. The molecule has 1 aliphatic carbocycles. The van der Waals surface area contributed by atoms with Crippen LogP contribution < -0.4 is 10.6 Å². The van der Waals surface area contributed by atoms with Crippen molar-refractivity contribution in [1.29, 1.82) is 0 Å². The molecule has 1 saturated carbocycles. The number of nitrogens with one attached hydrogen (secondary N) is 2. The van der Waals surface area contributed by atoms with E-state index in [2.05, 4.69) is 20.8 Å². The summed E-state index contributed by atoms with van der Waals surface area (Å²) < 4.78 is 10.7. The van der Waals surface area contributed by atoms with Gasteiger partial charge in [-0.2, -0.15) is 0 Å². The summed E-state index contributed by atoms with van der Waals surface area (Å²) in [6.07, 6.45) is 3.98. The number of hydrogen-bond donors (Lipinski definition) is 3. The highest BCUT2D eigenvalue weighted by Gasteiger charge is 2.35. The molecule has 0 bridgehead atoms. The first-order valence-corrected chi connectivity index (χ1v) is 10.6. The lowest BCUT2D eigenvalue weighted by molar-refractivity contribution is -0.128. The number of amides is 2. The summed E-state index contributed by atoms with van der Waals surface area (Å²) >= 11 is 1.51. The van der Waals surface area contributed by atoms with Gasteiger partial charge >= 0.3 is 0 Å². The van der Waals surface area contributed by atoms with Crippen molar-refractivity contribution in [3.8, 4) is 0 Å². The Kier molecular flexibility index (Phi) is 9.95. The van der Waals surface area contributed by atoms with Gasteiger partial charge in [-0.05, 0) is 25.7 Å². The monoisotopic (exact) mass is 438 g/mol. The van der Waals surface area contributed by atoms with Crippen LogP contribution in [0, 0.1) is 5.92 Å². The molecule has 0 spiro atoms. The van der Waals surface area contributed by atoms with Crippen LogP contribution in [0.15, 0.2) is 27.7 Å². The van der Waals surface area contributed by atoms with Crippen molar-refractivity contribution in [2.45, 2.75) is 51.3 Å². The van der Waals surface area contributed by atoms with Crippen molar-refractivity contribution in [3.63, 3.8) is 0 Å². The molecule has 3 rings (SSSR count). The van der Waals surface area contributed by atoms with Gasteiger partial charge in [0.15, 0.2) is 5.69 Å². The molecule has 2 heterocycles. The van der Waals surface area contributed by atoms with E-state index in [-0.39, 0.29) is 42.0 Å². The van der Waals surface area contributed by atoms with Crippen LogP contribution in [0.3, 0.4) is 0 Å². The second-order valence-corrected chi connectivity index (χ2v) is 7.41. The van der Waals surface area contributed by atoms with Crippen molar-refractivity contribution in [1.82, 2.24) is 20.8 Å². The Morgan fingerprint density at radius 1 is 1.43 bits per heavy atom. The van der Waals surface area contributed by atoms with Gasteiger partial charge in [-0.3, -0.25) is 14.4 Å². The third kappa shape index (κ3) is 7.23. The molecule has 164 valence electrons. The van der Waals surface area contributed by atoms with E-state index < -0.39 is 0 Å². The van der Waals surface area contributed by atoms with E-state index in [9.17, 15) is 9.59 Å². The van der Waals surface area contributed by atoms with Gasteiger partial charge in [0.1, 0.15) is 6.26 Å². The predicted molar refractivity (Wildman–Crippen MR) is 108 cm³/mol. The van der Waals surface area contributed by atoms with Gasteiger partial charge in [0, 0.05) is 24.0 Å². The molecule has 2 aromatic rings. The second kappa shape index (κ2) is 12.7. The Morgan fingerprint density at radius 3 is 2.87 bits per heavy atom. The minimum atomic E-state index is -0.287. The molecule has 11 heteroatoms. The lowest BCUT2D eigenvalue weighted by Crippen LogP contribution is -2.50. The lowest BCUT2D eigenvalue weighted by Gasteiger charge is -2.35. The summed E-state index contributed by atoms with van der Waals surface area (Å²) in [5.74, 6) is -0.412. The van der Waals surface area contributed by atoms with Crippen LogP contribution >= 0.6 is 11.3 Å². The van der Waals surface area contributed by atoms with Gasteiger partial charge in [-0.1, -0.05) is 12.1 Å². The highest BCUT2D eigenvalue weighted by Crippen LogP contribution is 2.27. The average molecular weight is 439 g/mol. The molecule has 30 heavy (non-hydrogen) atoms. The summed E-state index contributed by atoms with van der Waals surface area (Å²) in [4.78, 5) is 37.3. The minimum absolute atomic E-state index is 0.00868. The molecule has 0 aliphatic heterocycles. The smallest absolute Gasteiger partial charge is 0.290 e. The Hall–Kier alpha value is -2.79. The molecular weight excluding hydrogens is 412 g/mol. The number of hydrogen-bond acceptors (Lipinski definition) is 8. The van der Waals surface area contributed by atoms with Crippen LogP contribution in [0.5, 0.6) is 0 Å². The number of carboxylic acid groups (broad SMARTS) is 1. The maximum Gasteiger partial charge on any atom is 0.290 e. The highest BCUT2D eigenvalue weighted by molar-refractivity contribution is 7.07. The van der Waals surface area contributed by atoms with E-state index in [4.69, 9.17) is 19.2 Å². The number of carbonyl (C=O) groups excluding carboxylic acids is 2. The third-order valence-corrected chi connectivity index (χ3v) is 5.25. The molecule has 2 aromatic heterocycles. The summed E-state index contributed by atoms with van der Waals surface area (Å²) in [6, 6.07) is 1.37. The first-order valence-electron chi connectivity index (χ1n) is 9.64. The summed E-state index contributed by atoms with van der Waals surface area (Å²) in [6.45, 7) is 2.81. The normalized spacial score (nSPS) is 20.5. The number of carbonyl (C=O) groups is 3. The third-order valence-electron chi connectivity index (χ3n) is 4.61. The molecule has 1 aliphatic rings. The van der Waals surface area contributed by atoms with Gasteiger partial charge < -0.3 is 25.0 Å². The molecule has 0 aromatic carbocycles. The number of thiazole rings is 1. The zero-order chi connectivity index (χ0) is 21.8. The van der Waals surface area contributed by atoms with Crippen molar-refractivity contribution in [2.24, 2.45) is 5.92 Å². The Bertz CT molecular complexity index is 768. The fourth-order valence-electron chi connectivity index (χ4n) is 3.20. The highest BCUT2D eigenvalue weighted by atomic mass is 32.1. The fourth-order valence-corrected chi connectivity index (χ4v) is 3.76. The Labute approximate surface area is 178 Å². The van der Waals surface area contributed by atoms with Crippen LogP contribution in [-0.2, 0) is 20.9 Å². The van der Waals surface area contributed by atoms with Gasteiger partial charge in [0.25, 0.3) is 12.4 Å². The maximum absolute atomic E-state index is 12.5. The van der Waals surface area contributed by atoms with Gasteiger partial charge in [-0.25, -0.2) is 4.98 Å². The summed E-state index contributed by atoms with van der Waals surface area (Å²) in [7, 11) is 0. The molecule has 1 fully saturated rings. The molecule has 10 nitrogen and oxygen atoms in total. The second-order valence-electron chi connectivity index (χ2n) is 6.69. The van der Waals surface area contributed by atoms with Crippen LogP contribution in [-0.4, -0.2) is 52.3 Å². The quantitative estimate of drug-likeness (QED) is 0.530. The van der Waals surface area contributed by atoms with Gasteiger partial charge in [-0.15, -0.1) is 11.3 Å². The van der Waals surface area contributed by atoms with Crippen LogP contribution in [0.2, 0.25) is 0 Å². The molecular formula is C19H26N4O6S. The first-order chi connectivity index (χ1) is 14.6. The maximum atomic E-state index is 12.5. The molecule has 2 amide bonds. The predicted octanol–water partition coefficient (Wildman–Crippen LogP) is 1.84. The van der Waals surface area contributed by atoms with E-state index in [1.807, 2.05) is 12.3 Å². The Balaban J connectivity index is 0.00000101. The first kappa shape index (κ1) is 23.5. The van der Waals surface area contributed by atoms with Crippen molar-refractivity contribution < 1.29 is 28.8 Å². The average Bonchev–Trinajstić information content (AvgIpc) is 3.46. The van der Waals surface area contributed by atoms with Crippen LogP contribution in [0.4, 0.5) is 0 Å². The van der Waals surface area contributed by atoms with E-state index >= 15 is 0 Å². The van der Waals surface area contributed by atoms with Crippen molar-refractivity contribution >= 4 is 29.6 Å². The van der Waals surface area contributed by atoms with Crippen molar-refractivity contribution in [3.05, 3.63) is 34.6 Å². The standard InChI is InChI=1S/C18H24N4O4S.CH2O2/c1-2-6-25-16-8-12(17(23)19-9-13-10-27-11-20-13)3-4-14(16)21-18(24)15-5-7-26-22-15;2-1-3/h5,7,10-12,14,16H,2-4,6,8-9H2,1H3,(H,19,23)(H,21,24);1H,(H,2,3)/t12-,14+,16+;/m0./s1. The van der Waals surface area contributed by atoms with E-state index in [1.54, 1.807) is 5.51 Å². The largest absolute Gasteiger partial charge is 0.483 e. The molecule has 0 unspecified atom stereocenters. The molecule has 0 radical (unpaired) electrons. The number of aromatic nitrogens is 2. The molecule has 3 N–H and O–H groups in total. The van der Waals surface area contributed by atoms with Gasteiger partial charge in [0.2, 0.25) is 5.91 Å². The van der Waals surface area contributed by atoms with Crippen molar-refractivity contribution in [2.75, 3.05) is 6.61 Å². The van der Waals surface area contributed by atoms with E-state index in [1.165, 1.54) is 23.7 Å². The SMILES string of the molecule is CCCO[C@@H]1C[C@@H](C(=O)NCc2cscn2)CC[C@H]1NC(=O)c1ccon1.O=CO. The zero-order valence-electron chi connectivity index (χ0n) is 16.7. The van der Waals surface area contributed by atoms with Gasteiger partial charge in [0.05, 0.1) is 29.9 Å². The van der Waals surface area contributed by atoms with E-state index in [0.717, 1.165) is 12.1 Å². The molecule has 3 atom stereocenters. The number of rotatable bonds is 8. The van der Waals surface area contributed by atoms with E-state index in [0.29, 0.717) is 32.4 Å². The van der Waals surface area contributed by atoms with Crippen LogP contribution in [0.1, 0.15) is 48.8 Å². The molecule has 0 saturated heterocycles. The fraction of sp³-hybridized carbons (Fsp3) is 0.526. The Morgan fingerprint density at radius 2 is 2.23 bits per heavy atom. The summed E-state index contributed by atoms with van der Waals surface area (Å²) in [5.41, 5.74) is 2.85. The lowest BCUT2D eigenvalue weighted by atomic mass is 9.83.